The maximum atomic E-state index is 15.2. The molecule has 1 saturated heterocycles. The smallest absolute Gasteiger partial charge is 0.410 e. The van der Waals surface area contributed by atoms with Crippen LogP contribution in [0.15, 0.2) is 54.9 Å². The number of carbonyl (C=O) groups excluding carboxylic acids is 2. The lowest BCUT2D eigenvalue weighted by Gasteiger charge is -2.34. The average molecular weight is 653 g/mol. The molecule has 1 spiro atoms. The summed E-state index contributed by atoms with van der Waals surface area (Å²) in [6.45, 7) is 8.61. The minimum Gasteiger partial charge on any atom is -0.444 e. The lowest BCUT2D eigenvalue weighted by molar-refractivity contribution is -0.118. The van der Waals surface area contributed by atoms with Crippen molar-refractivity contribution in [2.45, 2.75) is 77.9 Å². The molecule has 2 amide bonds. The average Bonchev–Trinajstić information content (AvgIpc) is 3.81. The molecule has 250 valence electrons. The maximum absolute atomic E-state index is 15.2. The van der Waals surface area contributed by atoms with Crippen molar-refractivity contribution in [1.82, 2.24) is 19.9 Å². The number of fused-ring (bicyclic) bond motifs is 1. The van der Waals surface area contributed by atoms with Gasteiger partial charge in [-0.25, -0.2) is 24.1 Å². The Balaban J connectivity index is 1.12. The molecule has 2 saturated carbocycles. The van der Waals surface area contributed by atoms with Gasteiger partial charge in [0.1, 0.15) is 17.2 Å². The van der Waals surface area contributed by atoms with E-state index in [4.69, 9.17) is 14.5 Å². The quantitative estimate of drug-likeness (QED) is 0.207. The normalized spacial score (nSPS) is 19.8. The summed E-state index contributed by atoms with van der Waals surface area (Å²) in [6.07, 6.45) is 8.86. The molecule has 4 aromatic rings. The Hall–Kier alpha value is -4.80. The van der Waals surface area contributed by atoms with Crippen molar-refractivity contribution < 1.29 is 23.5 Å². The summed E-state index contributed by atoms with van der Waals surface area (Å²) in [5.41, 5.74) is 1.82. The van der Waals surface area contributed by atoms with Gasteiger partial charge in [0.2, 0.25) is 17.7 Å². The zero-order valence-corrected chi connectivity index (χ0v) is 27.8. The van der Waals surface area contributed by atoms with E-state index in [2.05, 4.69) is 20.6 Å². The van der Waals surface area contributed by atoms with Gasteiger partial charge < -0.3 is 25.0 Å². The number of halogens is 1. The number of hydrogen-bond acceptors (Lipinski definition) is 8. The van der Waals surface area contributed by atoms with E-state index in [1.54, 1.807) is 29.4 Å². The number of aromatic nitrogens is 3. The Morgan fingerprint density at radius 2 is 1.83 bits per heavy atom. The van der Waals surface area contributed by atoms with Crippen LogP contribution in [0.1, 0.15) is 64.9 Å². The third-order valence-corrected chi connectivity index (χ3v) is 9.71. The van der Waals surface area contributed by atoms with Crippen LogP contribution in [-0.4, -0.2) is 56.6 Å². The van der Waals surface area contributed by atoms with Crippen LogP contribution in [0.5, 0.6) is 11.6 Å². The van der Waals surface area contributed by atoms with Gasteiger partial charge in [0.25, 0.3) is 0 Å². The number of piperidine rings is 1. The molecular formula is C37H41FN6O4. The fourth-order valence-corrected chi connectivity index (χ4v) is 6.95. The zero-order valence-electron chi connectivity index (χ0n) is 27.8. The Bertz CT molecular complexity index is 1890. The molecule has 2 atom stereocenters. The van der Waals surface area contributed by atoms with Crippen molar-refractivity contribution in [3.63, 3.8) is 0 Å². The first-order valence-corrected chi connectivity index (χ1v) is 16.7. The first-order valence-electron chi connectivity index (χ1n) is 16.7. The van der Waals surface area contributed by atoms with Crippen molar-refractivity contribution in [3.8, 4) is 22.9 Å². The minimum absolute atomic E-state index is 0.0429. The molecule has 1 unspecified atom stereocenters. The van der Waals surface area contributed by atoms with Gasteiger partial charge in [-0.3, -0.25) is 4.79 Å². The maximum Gasteiger partial charge on any atom is 0.410 e. The van der Waals surface area contributed by atoms with Gasteiger partial charge in [0.05, 0.1) is 16.9 Å². The number of nitrogens with one attached hydrogen (secondary N) is 2. The Labute approximate surface area is 279 Å². The third-order valence-electron chi connectivity index (χ3n) is 9.71. The fourth-order valence-electron chi connectivity index (χ4n) is 6.95. The molecule has 2 aromatic heterocycles. The van der Waals surface area contributed by atoms with E-state index in [0.717, 1.165) is 44.1 Å². The monoisotopic (exact) mass is 652 g/mol. The fraction of sp³-hybridized carbons (Fsp3) is 0.432. The highest BCUT2D eigenvalue weighted by Gasteiger charge is 2.61. The number of hydrogen-bond donors (Lipinski definition) is 2. The van der Waals surface area contributed by atoms with Crippen LogP contribution in [0.3, 0.4) is 0 Å². The van der Waals surface area contributed by atoms with Gasteiger partial charge in [-0.05, 0) is 101 Å². The SMILES string of the molecule is Cc1ccc2c(NC(=O)C3CC34CCC4)c(F)ccc2c1Oc1ncccc1-c1ccnc(N[C@H]2CCCN(C(=O)OC(C)(C)C)C2)n1. The molecule has 0 radical (unpaired) electrons. The second kappa shape index (κ2) is 12.3. The summed E-state index contributed by atoms with van der Waals surface area (Å²) < 4.78 is 27.3. The Morgan fingerprint density at radius 1 is 1.02 bits per heavy atom. The molecule has 7 rings (SSSR count). The van der Waals surface area contributed by atoms with Gasteiger partial charge in [-0.1, -0.05) is 18.6 Å². The van der Waals surface area contributed by atoms with Gasteiger partial charge in [0.15, 0.2) is 0 Å². The van der Waals surface area contributed by atoms with Crippen LogP contribution in [0.25, 0.3) is 22.0 Å². The number of pyridine rings is 1. The van der Waals surface area contributed by atoms with Crippen LogP contribution in [-0.2, 0) is 9.53 Å². The highest BCUT2D eigenvalue weighted by Crippen LogP contribution is 2.65. The number of likely N-dealkylation sites (tertiary alicyclic amines) is 1. The molecule has 2 aliphatic carbocycles. The number of benzene rings is 2. The van der Waals surface area contributed by atoms with Gasteiger partial charge in [-0.2, -0.15) is 0 Å². The summed E-state index contributed by atoms with van der Waals surface area (Å²) in [5, 5.41) is 7.52. The summed E-state index contributed by atoms with van der Waals surface area (Å²) >= 11 is 0. The molecule has 11 heteroatoms. The van der Waals surface area contributed by atoms with E-state index in [0.29, 0.717) is 52.7 Å². The molecule has 3 aliphatic rings. The predicted octanol–water partition coefficient (Wildman–Crippen LogP) is 7.87. The largest absolute Gasteiger partial charge is 0.444 e. The lowest BCUT2D eigenvalue weighted by Crippen LogP contribution is -2.47. The van der Waals surface area contributed by atoms with Crippen molar-refractivity contribution >= 4 is 34.4 Å². The third kappa shape index (κ3) is 6.37. The number of anilines is 2. The van der Waals surface area contributed by atoms with Crippen LogP contribution in [0.4, 0.5) is 20.8 Å². The molecule has 2 aromatic carbocycles. The van der Waals surface area contributed by atoms with Gasteiger partial charge in [0, 0.05) is 48.2 Å². The van der Waals surface area contributed by atoms with Crippen LogP contribution in [0.2, 0.25) is 0 Å². The second-order valence-electron chi connectivity index (χ2n) is 14.3. The molecule has 3 heterocycles. The van der Waals surface area contributed by atoms with Crippen molar-refractivity contribution in [3.05, 3.63) is 66.2 Å². The summed E-state index contributed by atoms with van der Waals surface area (Å²) in [7, 11) is 0. The second-order valence-corrected chi connectivity index (χ2v) is 14.3. The topological polar surface area (TPSA) is 119 Å². The summed E-state index contributed by atoms with van der Waals surface area (Å²) in [5.74, 6) is 0.617. The standard InChI is InChI=1S/C37H41FN6O4/c1-22-10-11-24-25(12-13-28(38)30(24)43-32(45)27-20-37(27)15-7-16-37)31(22)47-33-26(9-5-17-39-33)29-14-18-40-34(42-29)41-23-8-6-19-44(21-23)35(46)48-36(2,3)4/h5,9-14,17-18,23,27H,6-8,15-16,19-21H2,1-4H3,(H,43,45)(H,40,41,42)/t23-,27?/m0/s1. The lowest BCUT2D eigenvalue weighted by atomic mass is 9.79. The first kappa shape index (κ1) is 31.8. The summed E-state index contributed by atoms with van der Waals surface area (Å²) in [4.78, 5) is 41.3. The van der Waals surface area contributed by atoms with Crippen LogP contribution in [0, 0.1) is 24.1 Å². The van der Waals surface area contributed by atoms with E-state index in [1.165, 1.54) is 6.07 Å². The number of amides is 2. The summed E-state index contributed by atoms with van der Waals surface area (Å²) in [6, 6.07) is 12.1. The van der Waals surface area contributed by atoms with E-state index < -0.39 is 11.4 Å². The van der Waals surface area contributed by atoms with E-state index >= 15 is 4.39 Å². The number of ether oxygens (including phenoxy) is 2. The van der Waals surface area contributed by atoms with Gasteiger partial charge >= 0.3 is 6.09 Å². The molecule has 48 heavy (non-hydrogen) atoms. The molecule has 2 N–H and O–H groups in total. The number of rotatable bonds is 7. The molecule has 1 aliphatic heterocycles. The molecule has 0 bridgehead atoms. The van der Waals surface area contributed by atoms with E-state index in [1.807, 2.05) is 52.0 Å². The predicted molar refractivity (Wildman–Crippen MR) is 181 cm³/mol. The number of carbonyl (C=O) groups is 2. The Kier molecular flexibility index (Phi) is 8.17. The number of nitrogens with zero attached hydrogens (tertiary/aromatic N) is 4. The molecule has 3 fully saturated rings. The van der Waals surface area contributed by atoms with Crippen LogP contribution >= 0.6 is 0 Å². The molecule has 10 nitrogen and oxygen atoms in total. The van der Waals surface area contributed by atoms with Gasteiger partial charge in [-0.15, -0.1) is 0 Å². The van der Waals surface area contributed by atoms with Crippen LogP contribution < -0.4 is 15.4 Å². The zero-order chi connectivity index (χ0) is 33.6. The van der Waals surface area contributed by atoms with Crippen molar-refractivity contribution in [2.24, 2.45) is 11.3 Å². The molecular weight excluding hydrogens is 611 g/mol. The van der Waals surface area contributed by atoms with E-state index in [9.17, 15) is 9.59 Å². The van der Waals surface area contributed by atoms with Crippen molar-refractivity contribution in [2.75, 3.05) is 23.7 Å². The highest BCUT2D eigenvalue weighted by atomic mass is 19.1. The van der Waals surface area contributed by atoms with E-state index in [-0.39, 0.29) is 35.1 Å². The highest BCUT2D eigenvalue weighted by molar-refractivity contribution is 6.06. The minimum atomic E-state index is -0.563. The number of aryl methyl sites for hydroxylation is 1. The first-order chi connectivity index (χ1) is 23.0. The van der Waals surface area contributed by atoms with Crippen molar-refractivity contribution in [1.29, 1.82) is 0 Å². The Morgan fingerprint density at radius 3 is 2.58 bits per heavy atom.